The van der Waals surface area contributed by atoms with Gasteiger partial charge in [0.25, 0.3) is 0 Å². The molecule has 2 rings (SSSR count). The molecule has 0 radical (unpaired) electrons. The van der Waals surface area contributed by atoms with Gasteiger partial charge in [-0.2, -0.15) is 0 Å². The average molecular weight is 154 g/mol. The number of nitrogens with one attached hydrogen (secondary N) is 1. The lowest BCUT2D eigenvalue weighted by atomic mass is 9.70. The smallest absolute Gasteiger partial charge is 0.00443 e. The van der Waals surface area contributed by atoms with E-state index in [2.05, 4.69) is 5.32 Å². The molecule has 64 valence electrons. The maximum Gasteiger partial charge on any atom is 0.00443 e. The number of hydrogen-bond acceptors (Lipinski definition) is 2. The Labute approximate surface area is 68.5 Å². The largest absolute Gasteiger partial charge is 0.328 e. The fourth-order valence-corrected chi connectivity index (χ4v) is 2.41. The predicted octanol–water partition coefficient (Wildman–Crippen LogP) is 0.723. The molecular weight excluding hydrogens is 136 g/mol. The van der Waals surface area contributed by atoms with Gasteiger partial charge in [0.15, 0.2) is 0 Å². The second-order valence-corrected chi connectivity index (χ2v) is 4.08. The van der Waals surface area contributed by atoms with Crippen LogP contribution >= 0.6 is 0 Å². The molecule has 0 unspecified atom stereocenters. The third-order valence-electron chi connectivity index (χ3n) is 3.26. The van der Waals surface area contributed by atoms with E-state index < -0.39 is 0 Å². The summed E-state index contributed by atoms with van der Waals surface area (Å²) in [5.41, 5.74) is 5.76. The standard InChI is InChI=1S/C9H18N2/c10-9-5-8(6-9)7-1-3-11-4-2-7/h7-9,11H,1-6,10H2. The second-order valence-electron chi connectivity index (χ2n) is 4.08. The first kappa shape index (κ1) is 7.56. The van der Waals surface area contributed by atoms with Crippen LogP contribution in [0.5, 0.6) is 0 Å². The van der Waals surface area contributed by atoms with Crippen LogP contribution in [0.25, 0.3) is 0 Å². The SMILES string of the molecule is NC1CC(C2CCNCC2)C1. The lowest BCUT2D eigenvalue weighted by Crippen LogP contribution is -2.43. The van der Waals surface area contributed by atoms with E-state index in [0.29, 0.717) is 6.04 Å². The minimum Gasteiger partial charge on any atom is -0.328 e. The molecule has 0 atom stereocenters. The van der Waals surface area contributed by atoms with E-state index in [0.717, 1.165) is 11.8 Å². The van der Waals surface area contributed by atoms with Crippen molar-refractivity contribution >= 4 is 0 Å². The molecule has 3 N–H and O–H groups in total. The summed E-state index contributed by atoms with van der Waals surface area (Å²) in [6.45, 7) is 2.47. The molecule has 1 aliphatic heterocycles. The fraction of sp³-hybridized carbons (Fsp3) is 1.00. The van der Waals surface area contributed by atoms with Crippen molar-refractivity contribution in [1.29, 1.82) is 0 Å². The molecule has 2 heteroatoms. The van der Waals surface area contributed by atoms with E-state index in [-0.39, 0.29) is 0 Å². The number of piperidine rings is 1. The zero-order valence-corrected chi connectivity index (χ0v) is 7.05. The lowest BCUT2D eigenvalue weighted by Gasteiger charge is -2.40. The van der Waals surface area contributed by atoms with Gasteiger partial charge in [-0.15, -0.1) is 0 Å². The highest BCUT2D eigenvalue weighted by Gasteiger charge is 2.32. The van der Waals surface area contributed by atoms with E-state index in [1.54, 1.807) is 0 Å². The Hall–Kier alpha value is -0.0800. The van der Waals surface area contributed by atoms with E-state index in [1.165, 1.54) is 38.8 Å². The van der Waals surface area contributed by atoms with Crippen LogP contribution in [0, 0.1) is 11.8 Å². The number of hydrogen-bond donors (Lipinski definition) is 2. The fourth-order valence-electron chi connectivity index (χ4n) is 2.41. The van der Waals surface area contributed by atoms with E-state index >= 15 is 0 Å². The summed E-state index contributed by atoms with van der Waals surface area (Å²) < 4.78 is 0. The van der Waals surface area contributed by atoms with Crippen LogP contribution in [-0.4, -0.2) is 19.1 Å². The molecule has 1 saturated heterocycles. The molecule has 0 aromatic heterocycles. The lowest BCUT2D eigenvalue weighted by molar-refractivity contribution is 0.145. The van der Waals surface area contributed by atoms with Gasteiger partial charge < -0.3 is 11.1 Å². The van der Waals surface area contributed by atoms with Gasteiger partial charge in [-0.25, -0.2) is 0 Å². The van der Waals surface area contributed by atoms with Crippen LogP contribution in [0.15, 0.2) is 0 Å². The summed E-state index contributed by atoms with van der Waals surface area (Å²) in [6.07, 6.45) is 5.37. The highest BCUT2D eigenvalue weighted by molar-refractivity contribution is 4.88. The third kappa shape index (κ3) is 1.57. The van der Waals surface area contributed by atoms with Crippen LogP contribution < -0.4 is 11.1 Å². The summed E-state index contributed by atoms with van der Waals surface area (Å²) in [4.78, 5) is 0. The van der Waals surface area contributed by atoms with Crippen molar-refractivity contribution in [2.24, 2.45) is 17.6 Å². The van der Waals surface area contributed by atoms with Crippen molar-refractivity contribution in [2.45, 2.75) is 31.7 Å². The Balaban J connectivity index is 1.76. The molecule has 1 heterocycles. The molecule has 0 spiro atoms. The molecule has 1 saturated carbocycles. The maximum atomic E-state index is 5.76. The van der Waals surface area contributed by atoms with Gasteiger partial charge in [0.1, 0.15) is 0 Å². The van der Waals surface area contributed by atoms with Gasteiger partial charge in [0.05, 0.1) is 0 Å². The summed E-state index contributed by atoms with van der Waals surface area (Å²) in [7, 11) is 0. The molecular formula is C9H18N2. The number of rotatable bonds is 1. The monoisotopic (exact) mass is 154 g/mol. The minimum absolute atomic E-state index is 0.537. The van der Waals surface area contributed by atoms with Crippen molar-refractivity contribution in [3.05, 3.63) is 0 Å². The highest BCUT2D eigenvalue weighted by Crippen LogP contribution is 2.36. The first-order valence-corrected chi connectivity index (χ1v) is 4.82. The number of nitrogens with two attached hydrogens (primary N) is 1. The van der Waals surface area contributed by atoms with Crippen LogP contribution in [0.4, 0.5) is 0 Å². The molecule has 1 aliphatic carbocycles. The zero-order chi connectivity index (χ0) is 7.68. The first-order chi connectivity index (χ1) is 5.36. The maximum absolute atomic E-state index is 5.76. The zero-order valence-electron chi connectivity index (χ0n) is 7.05. The van der Waals surface area contributed by atoms with Gasteiger partial charge in [-0.3, -0.25) is 0 Å². The van der Waals surface area contributed by atoms with Crippen molar-refractivity contribution < 1.29 is 0 Å². The van der Waals surface area contributed by atoms with Gasteiger partial charge >= 0.3 is 0 Å². The van der Waals surface area contributed by atoms with E-state index in [1.807, 2.05) is 0 Å². The van der Waals surface area contributed by atoms with Gasteiger partial charge in [-0.1, -0.05) is 0 Å². The van der Waals surface area contributed by atoms with Crippen LogP contribution in [0.2, 0.25) is 0 Å². The highest BCUT2D eigenvalue weighted by atomic mass is 14.9. The summed E-state index contributed by atoms with van der Waals surface area (Å²) in [5, 5.41) is 3.40. The normalized spacial score (nSPS) is 40.1. The molecule has 0 amide bonds. The summed E-state index contributed by atoms with van der Waals surface area (Å²) >= 11 is 0. The Morgan fingerprint density at radius 1 is 1.00 bits per heavy atom. The molecule has 0 bridgehead atoms. The predicted molar refractivity (Wildman–Crippen MR) is 46.3 cm³/mol. The van der Waals surface area contributed by atoms with Crippen LogP contribution in [-0.2, 0) is 0 Å². The van der Waals surface area contributed by atoms with E-state index in [9.17, 15) is 0 Å². The molecule has 2 nitrogen and oxygen atoms in total. The summed E-state index contributed by atoms with van der Waals surface area (Å²) in [6, 6.07) is 0.537. The molecule has 2 aliphatic rings. The van der Waals surface area contributed by atoms with Crippen molar-refractivity contribution in [3.63, 3.8) is 0 Å². The molecule has 0 aromatic carbocycles. The molecule has 0 aromatic rings. The van der Waals surface area contributed by atoms with Gasteiger partial charge in [0, 0.05) is 6.04 Å². The van der Waals surface area contributed by atoms with Crippen molar-refractivity contribution in [2.75, 3.05) is 13.1 Å². The van der Waals surface area contributed by atoms with E-state index in [4.69, 9.17) is 5.73 Å². The Kier molecular flexibility index (Phi) is 2.14. The van der Waals surface area contributed by atoms with Gasteiger partial charge in [0.2, 0.25) is 0 Å². The second kappa shape index (κ2) is 3.11. The summed E-state index contributed by atoms with van der Waals surface area (Å²) in [5.74, 6) is 1.98. The average Bonchev–Trinajstić information content (AvgIpc) is 2.01. The molecule has 11 heavy (non-hydrogen) atoms. The quantitative estimate of drug-likeness (QED) is 0.584. The van der Waals surface area contributed by atoms with Crippen molar-refractivity contribution in [1.82, 2.24) is 5.32 Å². The first-order valence-electron chi connectivity index (χ1n) is 4.82. The van der Waals surface area contributed by atoms with Crippen LogP contribution in [0.1, 0.15) is 25.7 Å². The minimum atomic E-state index is 0.537. The van der Waals surface area contributed by atoms with Crippen molar-refractivity contribution in [3.8, 4) is 0 Å². The topological polar surface area (TPSA) is 38.0 Å². The molecule has 2 fully saturated rings. The van der Waals surface area contributed by atoms with Crippen LogP contribution in [0.3, 0.4) is 0 Å². The Morgan fingerprint density at radius 2 is 1.64 bits per heavy atom. The van der Waals surface area contributed by atoms with Gasteiger partial charge in [-0.05, 0) is 50.6 Å². The third-order valence-corrected chi connectivity index (χ3v) is 3.26. The Bertz CT molecular complexity index is 124. The Morgan fingerprint density at radius 3 is 2.18 bits per heavy atom.